The van der Waals surface area contributed by atoms with Crippen molar-refractivity contribution in [1.29, 1.82) is 0 Å². The van der Waals surface area contributed by atoms with Crippen molar-refractivity contribution in [1.82, 2.24) is 0 Å². The van der Waals surface area contributed by atoms with Gasteiger partial charge in [-0.05, 0) is 33.6 Å². The van der Waals surface area contributed by atoms with Gasteiger partial charge in [0.15, 0.2) is 11.5 Å². The molecule has 0 radical (unpaired) electrons. The molecule has 0 fully saturated rings. The predicted molar refractivity (Wildman–Crippen MR) is 65.8 cm³/mol. The number of benzene rings is 1. The molecule has 0 aliphatic carbocycles. The number of nitro groups is 1. The van der Waals surface area contributed by atoms with Crippen LogP contribution in [0.3, 0.4) is 0 Å². The number of halogens is 1. The Bertz CT molecular complexity index is 473. The summed E-state index contributed by atoms with van der Waals surface area (Å²) in [5.74, 6) is 1.26. The van der Waals surface area contributed by atoms with Gasteiger partial charge in [0.25, 0.3) is 0 Å². The van der Waals surface area contributed by atoms with Gasteiger partial charge in [0.2, 0.25) is 6.20 Å². The van der Waals surface area contributed by atoms with Crippen LogP contribution in [0.15, 0.2) is 22.8 Å². The Hall–Kier alpha value is -1.56. The third kappa shape index (κ3) is 2.97. The molecule has 5 nitrogen and oxygen atoms in total. The summed E-state index contributed by atoms with van der Waals surface area (Å²) in [4.78, 5) is 9.75. The first kappa shape index (κ1) is 11.9. The second-order valence-electron chi connectivity index (χ2n) is 3.48. The molecule has 1 aromatic carbocycles. The zero-order valence-corrected chi connectivity index (χ0v) is 10.5. The van der Waals surface area contributed by atoms with Gasteiger partial charge in [-0.25, -0.2) is 0 Å². The summed E-state index contributed by atoms with van der Waals surface area (Å²) in [7, 11) is 0. The highest BCUT2D eigenvalue weighted by Gasteiger charge is 2.14. The molecule has 0 atom stereocenters. The normalized spacial score (nSPS) is 14.6. The van der Waals surface area contributed by atoms with Crippen LogP contribution in [0.1, 0.15) is 12.0 Å². The maximum absolute atomic E-state index is 10.3. The van der Waals surface area contributed by atoms with Gasteiger partial charge in [-0.2, -0.15) is 0 Å². The number of hydrogen-bond donors (Lipinski definition) is 0. The molecule has 0 unspecified atom stereocenters. The maximum atomic E-state index is 10.3. The highest BCUT2D eigenvalue weighted by atomic mass is 79.9. The van der Waals surface area contributed by atoms with E-state index in [0.717, 1.165) is 17.1 Å². The molecule has 0 spiro atoms. The zero-order valence-electron chi connectivity index (χ0n) is 8.89. The van der Waals surface area contributed by atoms with E-state index < -0.39 is 4.92 Å². The van der Waals surface area contributed by atoms with Crippen molar-refractivity contribution in [2.45, 2.75) is 6.42 Å². The summed E-state index contributed by atoms with van der Waals surface area (Å²) in [5.41, 5.74) is 0.692. The zero-order chi connectivity index (χ0) is 12.3. The molecule has 0 aromatic heterocycles. The quantitative estimate of drug-likeness (QED) is 0.622. The van der Waals surface area contributed by atoms with Crippen LogP contribution in [-0.2, 0) is 0 Å². The lowest BCUT2D eigenvalue weighted by molar-refractivity contribution is -0.400. The summed E-state index contributed by atoms with van der Waals surface area (Å²) >= 11 is 3.37. The van der Waals surface area contributed by atoms with Crippen molar-refractivity contribution in [2.75, 3.05) is 13.2 Å². The van der Waals surface area contributed by atoms with E-state index in [-0.39, 0.29) is 0 Å². The van der Waals surface area contributed by atoms with Crippen LogP contribution in [0, 0.1) is 10.1 Å². The molecule has 6 heteroatoms. The average molecular weight is 300 g/mol. The van der Waals surface area contributed by atoms with Crippen molar-refractivity contribution < 1.29 is 14.4 Å². The fraction of sp³-hybridized carbons (Fsp3) is 0.273. The van der Waals surface area contributed by atoms with Crippen LogP contribution in [0.2, 0.25) is 0 Å². The second-order valence-corrected chi connectivity index (χ2v) is 4.34. The second kappa shape index (κ2) is 5.18. The Labute approximate surface area is 106 Å². The van der Waals surface area contributed by atoms with Crippen molar-refractivity contribution in [2.24, 2.45) is 0 Å². The van der Waals surface area contributed by atoms with Gasteiger partial charge in [0.1, 0.15) is 0 Å². The molecule has 0 bridgehead atoms. The van der Waals surface area contributed by atoms with Crippen LogP contribution in [0.25, 0.3) is 6.08 Å². The number of hydrogen-bond acceptors (Lipinski definition) is 4. The molecular weight excluding hydrogens is 290 g/mol. The number of ether oxygens (including phenoxy) is 2. The van der Waals surface area contributed by atoms with E-state index in [1.165, 1.54) is 6.08 Å². The summed E-state index contributed by atoms with van der Waals surface area (Å²) in [6, 6.07) is 3.49. The summed E-state index contributed by atoms with van der Waals surface area (Å²) in [6.45, 7) is 1.19. The van der Waals surface area contributed by atoms with Gasteiger partial charge in [0.05, 0.1) is 22.6 Å². The highest BCUT2D eigenvalue weighted by Crippen LogP contribution is 2.38. The third-order valence-electron chi connectivity index (χ3n) is 2.21. The number of fused-ring (bicyclic) bond motifs is 1. The van der Waals surface area contributed by atoms with E-state index in [1.54, 1.807) is 12.1 Å². The Morgan fingerprint density at radius 2 is 2.12 bits per heavy atom. The van der Waals surface area contributed by atoms with Gasteiger partial charge in [-0.3, -0.25) is 10.1 Å². The lowest BCUT2D eigenvalue weighted by Gasteiger charge is -2.09. The topological polar surface area (TPSA) is 61.6 Å². The van der Waals surface area contributed by atoms with Crippen LogP contribution < -0.4 is 9.47 Å². The van der Waals surface area contributed by atoms with Gasteiger partial charge >= 0.3 is 0 Å². The molecule has 2 rings (SSSR count). The SMILES string of the molecule is O=[N+]([O-])/C=C/c1cc(Br)c2c(c1)OCCCO2. The van der Waals surface area contributed by atoms with Gasteiger partial charge in [-0.1, -0.05) is 0 Å². The molecule has 1 aromatic rings. The minimum Gasteiger partial charge on any atom is -0.489 e. The van der Waals surface area contributed by atoms with E-state index in [2.05, 4.69) is 15.9 Å². The molecule has 0 saturated carbocycles. The van der Waals surface area contributed by atoms with E-state index in [1.807, 2.05) is 0 Å². The van der Waals surface area contributed by atoms with Crippen molar-refractivity contribution in [3.05, 3.63) is 38.5 Å². The smallest absolute Gasteiger partial charge is 0.235 e. The Morgan fingerprint density at radius 1 is 1.35 bits per heavy atom. The van der Waals surface area contributed by atoms with Gasteiger partial charge < -0.3 is 9.47 Å². The van der Waals surface area contributed by atoms with Crippen molar-refractivity contribution in [3.63, 3.8) is 0 Å². The molecule has 1 aliphatic heterocycles. The standard InChI is InChI=1S/C11H10BrNO4/c12-9-6-8(2-3-13(14)15)7-10-11(9)17-5-1-4-16-10/h2-3,6-7H,1,4-5H2/b3-2+. The van der Waals surface area contributed by atoms with Crippen LogP contribution in [0.4, 0.5) is 0 Å². The average Bonchev–Trinajstić information content (AvgIpc) is 2.51. The lowest BCUT2D eigenvalue weighted by atomic mass is 10.2. The summed E-state index contributed by atoms with van der Waals surface area (Å²) in [5, 5.41) is 10.3. The summed E-state index contributed by atoms with van der Waals surface area (Å²) in [6.07, 6.45) is 3.13. The first-order valence-corrected chi connectivity index (χ1v) is 5.87. The fourth-order valence-corrected chi connectivity index (χ4v) is 2.07. The molecule has 0 saturated heterocycles. The van der Waals surface area contributed by atoms with Crippen LogP contribution >= 0.6 is 15.9 Å². The van der Waals surface area contributed by atoms with E-state index >= 15 is 0 Å². The first-order chi connectivity index (χ1) is 8.16. The van der Waals surface area contributed by atoms with E-state index in [9.17, 15) is 10.1 Å². The molecule has 1 heterocycles. The third-order valence-corrected chi connectivity index (χ3v) is 2.80. The minimum atomic E-state index is -0.503. The molecule has 0 amide bonds. The van der Waals surface area contributed by atoms with Gasteiger partial charge in [-0.15, -0.1) is 0 Å². The molecule has 0 N–H and O–H groups in total. The monoisotopic (exact) mass is 299 g/mol. The largest absolute Gasteiger partial charge is 0.489 e. The Kier molecular flexibility index (Phi) is 3.63. The van der Waals surface area contributed by atoms with Gasteiger partial charge in [0, 0.05) is 12.5 Å². The lowest BCUT2D eigenvalue weighted by Crippen LogP contribution is -1.97. The predicted octanol–water partition coefficient (Wildman–Crippen LogP) is 2.86. The minimum absolute atomic E-state index is 0.503. The maximum Gasteiger partial charge on any atom is 0.235 e. The summed E-state index contributed by atoms with van der Waals surface area (Å²) < 4.78 is 11.8. The molecule has 17 heavy (non-hydrogen) atoms. The van der Waals surface area contributed by atoms with Crippen LogP contribution in [-0.4, -0.2) is 18.1 Å². The molecular formula is C11H10BrNO4. The molecule has 90 valence electrons. The van der Waals surface area contributed by atoms with E-state index in [0.29, 0.717) is 30.3 Å². The van der Waals surface area contributed by atoms with E-state index in [4.69, 9.17) is 9.47 Å². The first-order valence-electron chi connectivity index (χ1n) is 5.07. The fourth-order valence-electron chi connectivity index (χ4n) is 1.49. The number of rotatable bonds is 2. The Balaban J connectivity index is 2.35. The van der Waals surface area contributed by atoms with Crippen LogP contribution in [0.5, 0.6) is 11.5 Å². The highest BCUT2D eigenvalue weighted by molar-refractivity contribution is 9.10. The molecule has 1 aliphatic rings. The Morgan fingerprint density at radius 3 is 2.88 bits per heavy atom. The van der Waals surface area contributed by atoms with Crippen molar-refractivity contribution in [3.8, 4) is 11.5 Å². The number of nitrogens with zero attached hydrogens (tertiary/aromatic N) is 1. The van der Waals surface area contributed by atoms with Crippen molar-refractivity contribution >= 4 is 22.0 Å².